The Morgan fingerprint density at radius 1 is 1.47 bits per heavy atom. The van der Waals surface area contributed by atoms with E-state index in [1.165, 1.54) is 0 Å². The molecule has 1 rings (SSSR count). The van der Waals surface area contributed by atoms with E-state index in [4.69, 9.17) is 10.5 Å². The number of aryl methyl sites for hydroxylation is 1. The van der Waals surface area contributed by atoms with Crippen LogP contribution in [0.15, 0.2) is 18.2 Å². The van der Waals surface area contributed by atoms with Gasteiger partial charge < -0.3 is 15.8 Å². The summed E-state index contributed by atoms with van der Waals surface area (Å²) in [4.78, 5) is 10.7. The van der Waals surface area contributed by atoms with Crippen molar-refractivity contribution in [3.8, 4) is 5.75 Å². The normalized spacial score (nSPS) is 12.2. The van der Waals surface area contributed by atoms with Crippen molar-refractivity contribution in [2.45, 2.75) is 39.7 Å². The lowest BCUT2D eigenvalue weighted by atomic mass is 10.0. The first-order valence-electron chi connectivity index (χ1n) is 6.79. The topological polar surface area (TPSA) is 64.3 Å². The Hall–Kier alpha value is -1.55. The molecule has 0 bridgehead atoms. The second-order valence-electron chi connectivity index (χ2n) is 4.78. The molecule has 0 saturated heterocycles. The molecule has 0 aliphatic rings. The van der Waals surface area contributed by atoms with Crippen molar-refractivity contribution in [1.29, 1.82) is 0 Å². The van der Waals surface area contributed by atoms with Gasteiger partial charge in [-0.15, -0.1) is 0 Å². The Morgan fingerprint density at radius 2 is 2.21 bits per heavy atom. The van der Waals surface area contributed by atoms with Crippen LogP contribution in [0.1, 0.15) is 43.9 Å². The fourth-order valence-electron chi connectivity index (χ4n) is 1.86. The highest BCUT2D eigenvalue weighted by Gasteiger charge is 2.11. The van der Waals surface area contributed by atoms with Crippen LogP contribution in [0.5, 0.6) is 5.75 Å². The van der Waals surface area contributed by atoms with Crippen molar-refractivity contribution in [2.75, 3.05) is 13.2 Å². The molecule has 0 aromatic heterocycles. The predicted molar refractivity (Wildman–Crippen MR) is 77.2 cm³/mol. The predicted octanol–water partition coefficient (Wildman–Crippen LogP) is 2.31. The van der Waals surface area contributed by atoms with Crippen molar-refractivity contribution >= 4 is 5.91 Å². The molecule has 1 atom stereocenters. The van der Waals surface area contributed by atoms with Crippen LogP contribution in [0.2, 0.25) is 0 Å². The Bertz CT molecular complexity index is 419. The number of carbonyl (C=O) groups excluding carboxylic acids is 1. The molecule has 0 heterocycles. The highest BCUT2D eigenvalue weighted by molar-refractivity contribution is 5.73. The number of hydrogen-bond acceptors (Lipinski definition) is 3. The van der Waals surface area contributed by atoms with Gasteiger partial charge in [0.1, 0.15) is 5.75 Å². The summed E-state index contributed by atoms with van der Waals surface area (Å²) in [5, 5.41) is 3.44. The minimum Gasteiger partial charge on any atom is -0.493 e. The van der Waals surface area contributed by atoms with Gasteiger partial charge in [-0.05, 0) is 38.4 Å². The monoisotopic (exact) mass is 264 g/mol. The molecule has 0 spiro atoms. The maximum atomic E-state index is 10.7. The molecule has 0 saturated carbocycles. The van der Waals surface area contributed by atoms with Crippen molar-refractivity contribution in [3.05, 3.63) is 29.3 Å². The summed E-state index contributed by atoms with van der Waals surface area (Å²) in [6, 6.07) is 6.37. The molecule has 1 aromatic carbocycles. The van der Waals surface area contributed by atoms with Crippen LogP contribution in [0.3, 0.4) is 0 Å². The van der Waals surface area contributed by atoms with E-state index in [0.29, 0.717) is 6.61 Å². The third kappa shape index (κ3) is 5.30. The summed E-state index contributed by atoms with van der Waals surface area (Å²) in [5.74, 6) is 0.490. The van der Waals surface area contributed by atoms with Gasteiger partial charge in [-0.2, -0.15) is 0 Å². The number of primary amides is 1. The van der Waals surface area contributed by atoms with Crippen LogP contribution in [0.4, 0.5) is 0 Å². The van der Waals surface area contributed by atoms with Gasteiger partial charge in [0.05, 0.1) is 13.0 Å². The summed E-state index contributed by atoms with van der Waals surface area (Å²) in [6.45, 7) is 7.57. The first-order valence-corrected chi connectivity index (χ1v) is 6.79. The number of amides is 1. The van der Waals surface area contributed by atoms with Gasteiger partial charge >= 0.3 is 0 Å². The first-order chi connectivity index (χ1) is 9.04. The van der Waals surface area contributed by atoms with E-state index in [1.807, 2.05) is 13.0 Å². The number of rotatable bonds is 8. The van der Waals surface area contributed by atoms with Crippen LogP contribution in [0.25, 0.3) is 0 Å². The zero-order chi connectivity index (χ0) is 14.3. The zero-order valence-electron chi connectivity index (χ0n) is 12.0. The molecule has 4 heteroatoms. The van der Waals surface area contributed by atoms with E-state index in [9.17, 15) is 4.79 Å². The van der Waals surface area contributed by atoms with Crippen LogP contribution < -0.4 is 15.8 Å². The molecule has 106 valence electrons. The Balaban J connectivity index is 2.75. The van der Waals surface area contributed by atoms with Crippen LogP contribution >= 0.6 is 0 Å². The third-order valence-electron chi connectivity index (χ3n) is 2.94. The molecule has 0 fully saturated rings. The highest BCUT2D eigenvalue weighted by Crippen LogP contribution is 2.26. The lowest BCUT2D eigenvalue weighted by Crippen LogP contribution is -2.20. The summed E-state index contributed by atoms with van der Waals surface area (Å²) in [7, 11) is 0. The van der Waals surface area contributed by atoms with Crippen molar-refractivity contribution < 1.29 is 9.53 Å². The first kappa shape index (κ1) is 15.5. The number of ether oxygens (including phenoxy) is 1. The third-order valence-corrected chi connectivity index (χ3v) is 2.94. The fourth-order valence-corrected chi connectivity index (χ4v) is 1.86. The zero-order valence-corrected chi connectivity index (χ0v) is 12.0. The van der Waals surface area contributed by atoms with Gasteiger partial charge in [-0.1, -0.05) is 19.1 Å². The smallest absolute Gasteiger partial charge is 0.220 e. The van der Waals surface area contributed by atoms with Crippen LogP contribution in [-0.2, 0) is 4.79 Å². The Labute approximate surface area is 115 Å². The number of carbonyl (C=O) groups is 1. The van der Waals surface area contributed by atoms with Crippen molar-refractivity contribution in [2.24, 2.45) is 5.73 Å². The molecule has 3 N–H and O–H groups in total. The number of nitrogens with two attached hydrogens (primary N) is 1. The van der Waals surface area contributed by atoms with Gasteiger partial charge in [-0.25, -0.2) is 0 Å². The van der Waals surface area contributed by atoms with E-state index in [0.717, 1.165) is 29.8 Å². The lowest BCUT2D eigenvalue weighted by molar-refractivity contribution is -0.118. The highest BCUT2D eigenvalue weighted by atomic mass is 16.5. The Kier molecular flexibility index (Phi) is 6.36. The van der Waals surface area contributed by atoms with Gasteiger partial charge in [0.25, 0.3) is 0 Å². The summed E-state index contributed by atoms with van der Waals surface area (Å²) in [5.41, 5.74) is 7.37. The maximum absolute atomic E-state index is 10.7. The number of nitrogens with one attached hydrogen (secondary N) is 1. The largest absolute Gasteiger partial charge is 0.493 e. The Morgan fingerprint density at radius 3 is 2.84 bits per heavy atom. The summed E-state index contributed by atoms with van der Waals surface area (Å²) >= 11 is 0. The van der Waals surface area contributed by atoms with E-state index in [-0.39, 0.29) is 18.4 Å². The lowest BCUT2D eigenvalue weighted by Gasteiger charge is -2.18. The van der Waals surface area contributed by atoms with E-state index in [2.05, 4.69) is 31.3 Å². The minimum atomic E-state index is -0.341. The standard InChI is InChI=1S/C15H24N2O2/c1-4-8-17-12(3)13-6-5-11(2)10-14(13)19-9-7-15(16)18/h5-6,10,12,17H,4,7-9H2,1-3H3,(H2,16,18). The van der Waals surface area contributed by atoms with Gasteiger partial charge in [0.15, 0.2) is 0 Å². The molecule has 1 amide bonds. The molecular formula is C15H24N2O2. The van der Waals surface area contributed by atoms with Gasteiger partial charge in [0.2, 0.25) is 5.91 Å². The molecule has 1 unspecified atom stereocenters. The maximum Gasteiger partial charge on any atom is 0.220 e. The second kappa shape index (κ2) is 7.79. The van der Waals surface area contributed by atoms with Crippen LogP contribution in [-0.4, -0.2) is 19.1 Å². The number of hydrogen-bond donors (Lipinski definition) is 2. The molecule has 1 aromatic rings. The van der Waals surface area contributed by atoms with Gasteiger partial charge in [0, 0.05) is 11.6 Å². The average Bonchev–Trinajstić information content (AvgIpc) is 2.35. The summed E-state index contributed by atoms with van der Waals surface area (Å²) < 4.78 is 5.69. The molecule has 19 heavy (non-hydrogen) atoms. The van der Waals surface area contributed by atoms with Crippen molar-refractivity contribution in [1.82, 2.24) is 5.32 Å². The van der Waals surface area contributed by atoms with Gasteiger partial charge in [-0.3, -0.25) is 4.79 Å². The quantitative estimate of drug-likeness (QED) is 0.757. The van der Waals surface area contributed by atoms with E-state index in [1.54, 1.807) is 0 Å². The van der Waals surface area contributed by atoms with Crippen LogP contribution in [0, 0.1) is 6.92 Å². The summed E-state index contributed by atoms with van der Waals surface area (Å²) in [6.07, 6.45) is 1.33. The number of benzene rings is 1. The molecule has 0 radical (unpaired) electrons. The van der Waals surface area contributed by atoms with Crippen molar-refractivity contribution in [3.63, 3.8) is 0 Å². The SMILES string of the molecule is CCCNC(C)c1ccc(C)cc1OCCC(N)=O. The molecule has 0 aliphatic carbocycles. The molecule has 4 nitrogen and oxygen atoms in total. The minimum absolute atomic E-state index is 0.226. The average molecular weight is 264 g/mol. The molecular weight excluding hydrogens is 240 g/mol. The second-order valence-corrected chi connectivity index (χ2v) is 4.78. The van der Waals surface area contributed by atoms with E-state index < -0.39 is 0 Å². The molecule has 0 aliphatic heterocycles. The van der Waals surface area contributed by atoms with E-state index >= 15 is 0 Å². The fraction of sp³-hybridized carbons (Fsp3) is 0.533.